The van der Waals surface area contributed by atoms with E-state index in [0.717, 1.165) is 18.5 Å². The summed E-state index contributed by atoms with van der Waals surface area (Å²) in [5.74, 6) is -0.170. The smallest absolute Gasteiger partial charge is 0.224 e. The number of pyridine rings is 1. The number of aromatic nitrogens is 1. The van der Waals surface area contributed by atoms with Gasteiger partial charge in [0.15, 0.2) is 0 Å². The van der Waals surface area contributed by atoms with Gasteiger partial charge in [0.2, 0.25) is 11.8 Å². The fourth-order valence-corrected chi connectivity index (χ4v) is 3.29. The number of carbonyl (C=O) groups excluding carboxylic acids is 2. The molecule has 0 aromatic carbocycles. The Labute approximate surface area is 166 Å². The molecular weight excluding hydrogens is 360 g/mol. The summed E-state index contributed by atoms with van der Waals surface area (Å²) < 4.78 is 5.87. The zero-order valence-corrected chi connectivity index (χ0v) is 16.8. The van der Waals surface area contributed by atoms with E-state index in [1.807, 2.05) is 20.2 Å². The van der Waals surface area contributed by atoms with Gasteiger partial charge in [0, 0.05) is 18.9 Å². The van der Waals surface area contributed by atoms with Crippen LogP contribution in [-0.4, -0.2) is 78.8 Å². The van der Waals surface area contributed by atoms with E-state index in [2.05, 4.69) is 20.5 Å². The number of rotatable bonds is 10. The molecule has 2 heterocycles. The summed E-state index contributed by atoms with van der Waals surface area (Å²) in [5, 5.41) is 15.5. The third-order valence-corrected chi connectivity index (χ3v) is 4.75. The average Bonchev–Trinajstić information content (AvgIpc) is 2.67. The van der Waals surface area contributed by atoms with E-state index in [0.29, 0.717) is 19.4 Å². The first-order chi connectivity index (χ1) is 13.5. The predicted molar refractivity (Wildman–Crippen MR) is 106 cm³/mol. The fraction of sp³-hybridized carbons (Fsp3) is 0.650. The summed E-state index contributed by atoms with van der Waals surface area (Å²) in [6.45, 7) is 1.37. The number of nitrogens with zero attached hydrogens (tertiary/aromatic N) is 2. The van der Waals surface area contributed by atoms with Crippen molar-refractivity contribution in [1.82, 2.24) is 20.5 Å². The second-order valence-corrected chi connectivity index (χ2v) is 7.48. The molecule has 0 unspecified atom stereocenters. The van der Waals surface area contributed by atoms with Gasteiger partial charge in [-0.15, -0.1) is 0 Å². The molecule has 156 valence electrons. The lowest BCUT2D eigenvalue weighted by molar-refractivity contribution is -0.135. The minimum Gasteiger partial charge on any atom is -0.394 e. The Kier molecular flexibility index (Phi) is 9.33. The van der Waals surface area contributed by atoms with Crippen LogP contribution >= 0.6 is 0 Å². The topological polar surface area (TPSA) is 104 Å². The van der Waals surface area contributed by atoms with E-state index in [4.69, 9.17) is 4.74 Å². The molecule has 0 spiro atoms. The first-order valence-electron chi connectivity index (χ1n) is 9.84. The number of aliphatic hydroxyl groups is 1. The van der Waals surface area contributed by atoms with Crippen LogP contribution in [0.5, 0.6) is 0 Å². The molecule has 0 aliphatic carbocycles. The highest BCUT2D eigenvalue weighted by Gasteiger charge is 2.32. The number of ether oxygens (including phenoxy) is 1. The second kappa shape index (κ2) is 11.7. The molecule has 2 rings (SSSR count). The molecule has 0 radical (unpaired) electrons. The normalized spacial score (nSPS) is 22.1. The zero-order valence-electron chi connectivity index (χ0n) is 16.8. The van der Waals surface area contributed by atoms with Gasteiger partial charge in [0.05, 0.1) is 31.6 Å². The Morgan fingerprint density at radius 2 is 2.14 bits per heavy atom. The van der Waals surface area contributed by atoms with Crippen LogP contribution in [0.1, 0.15) is 31.2 Å². The van der Waals surface area contributed by atoms with Crippen molar-refractivity contribution < 1.29 is 19.4 Å². The number of hydrogen-bond acceptors (Lipinski definition) is 6. The van der Waals surface area contributed by atoms with Crippen LogP contribution in [0.15, 0.2) is 24.5 Å². The molecule has 2 amide bonds. The highest BCUT2D eigenvalue weighted by atomic mass is 16.5. The maximum atomic E-state index is 12.3. The third-order valence-electron chi connectivity index (χ3n) is 4.75. The lowest BCUT2D eigenvalue weighted by Crippen LogP contribution is -2.51. The summed E-state index contributed by atoms with van der Waals surface area (Å²) in [6.07, 6.45) is 5.33. The van der Waals surface area contributed by atoms with Gasteiger partial charge in [-0.3, -0.25) is 14.6 Å². The lowest BCUT2D eigenvalue weighted by Gasteiger charge is -2.36. The summed E-state index contributed by atoms with van der Waals surface area (Å²) in [4.78, 5) is 30.4. The standard InChI is InChI=1S/C20H32N4O4/c1-24(2)10-4-9-22-19(26)12-16-6-7-17(18(14-25)28-16)23-20(27)11-15-5-3-8-21-13-15/h3,5,8,13,16-18,25H,4,6-7,9-12,14H2,1-2H3,(H,22,26)(H,23,27)/t16-,17-,18+/m0/s1. The van der Waals surface area contributed by atoms with E-state index >= 15 is 0 Å². The maximum absolute atomic E-state index is 12.3. The molecule has 3 N–H and O–H groups in total. The van der Waals surface area contributed by atoms with Gasteiger partial charge >= 0.3 is 0 Å². The van der Waals surface area contributed by atoms with Crippen LogP contribution in [0.3, 0.4) is 0 Å². The van der Waals surface area contributed by atoms with Crippen LogP contribution in [0.25, 0.3) is 0 Å². The molecule has 1 aromatic heterocycles. The second-order valence-electron chi connectivity index (χ2n) is 7.48. The summed E-state index contributed by atoms with van der Waals surface area (Å²) >= 11 is 0. The van der Waals surface area contributed by atoms with Crippen molar-refractivity contribution in [2.75, 3.05) is 33.8 Å². The Bertz CT molecular complexity index is 611. The van der Waals surface area contributed by atoms with Crippen molar-refractivity contribution in [2.24, 2.45) is 0 Å². The molecule has 1 aliphatic rings. The maximum Gasteiger partial charge on any atom is 0.224 e. The SMILES string of the molecule is CN(C)CCCNC(=O)C[C@@H]1CC[C@H](NC(=O)Cc2cccnc2)[C@@H](CO)O1. The van der Waals surface area contributed by atoms with Gasteiger partial charge in [0.1, 0.15) is 6.10 Å². The van der Waals surface area contributed by atoms with Crippen molar-refractivity contribution in [3.63, 3.8) is 0 Å². The number of aliphatic hydroxyl groups excluding tert-OH is 1. The molecule has 0 saturated carbocycles. The average molecular weight is 393 g/mol. The van der Waals surface area contributed by atoms with E-state index in [1.54, 1.807) is 18.5 Å². The first kappa shape index (κ1) is 22.3. The highest BCUT2D eigenvalue weighted by molar-refractivity contribution is 5.79. The van der Waals surface area contributed by atoms with Crippen LogP contribution < -0.4 is 10.6 Å². The Morgan fingerprint density at radius 1 is 1.32 bits per heavy atom. The molecule has 3 atom stereocenters. The third kappa shape index (κ3) is 7.92. The van der Waals surface area contributed by atoms with E-state index in [9.17, 15) is 14.7 Å². The van der Waals surface area contributed by atoms with Gasteiger partial charge in [-0.25, -0.2) is 0 Å². The summed E-state index contributed by atoms with van der Waals surface area (Å²) in [7, 11) is 4.00. The molecule has 1 aliphatic heterocycles. The quantitative estimate of drug-likeness (QED) is 0.488. The molecule has 0 bridgehead atoms. The molecule has 8 nitrogen and oxygen atoms in total. The molecule has 1 saturated heterocycles. The number of amides is 2. The molecule has 28 heavy (non-hydrogen) atoms. The molecule has 1 aromatic rings. The number of hydrogen-bond donors (Lipinski definition) is 3. The van der Waals surface area contributed by atoms with Crippen LogP contribution in [0, 0.1) is 0 Å². The largest absolute Gasteiger partial charge is 0.394 e. The zero-order chi connectivity index (χ0) is 20.4. The first-order valence-corrected chi connectivity index (χ1v) is 9.84. The molecular formula is C20H32N4O4. The van der Waals surface area contributed by atoms with Crippen molar-refractivity contribution in [2.45, 2.75) is 50.4 Å². The predicted octanol–water partition coefficient (Wildman–Crippen LogP) is 0.107. The Balaban J connectivity index is 1.73. The van der Waals surface area contributed by atoms with Crippen molar-refractivity contribution in [3.05, 3.63) is 30.1 Å². The molecule has 1 fully saturated rings. The van der Waals surface area contributed by atoms with E-state index < -0.39 is 6.10 Å². The Hall–Kier alpha value is -2.03. The van der Waals surface area contributed by atoms with Crippen LogP contribution in [0.2, 0.25) is 0 Å². The monoisotopic (exact) mass is 392 g/mol. The van der Waals surface area contributed by atoms with Gasteiger partial charge in [0.25, 0.3) is 0 Å². The summed E-state index contributed by atoms with van der Waals surface area (Å²) in [6, 6.07) is 3.38. The lowest BCUT2D eigenvalue weighted by atomic mass is 9.96. The molecule has 8 heteroatoms. The highest BCUT2D eigenvalue weighted by Crippen LogP contribution is 2.22. The van der Waals surface area contributed by atoms with E-state index in [-0.39, 0.29) is 43.4 Å². The van der Waals surface area contributed by atoms with Crippen molar-refractivity contribution in [1.29, 1.82) is 0 Å². The Morgan fingerprint density at radius 3 is 2.82 bits per heavy atom. The van der Waals surface area contributed by atoms with Gasteiger partial charge in [-0.05, 0) is 51.5 Å². The minimum absolute atomic E-state index is 0.0421. The van der Waals surface area contributed by atoms with Gasteiger partial charge in [-0.1, -0.05) is 6.07 Å². The van der Waals surface area contributed by atoms with E-state index in [1.165, 1.54) is 0 Å². The fourth-order valence-electron chi connectivity index (χ4n) is 3.29. The van der Waals surface area contributed by atoms with Crippen molar-refractivity contribution >= 4 is 11.8 Å². The number of carbonyl (C=O) groups is 2. The summed E-state index contributed by atoms with van der Waals surface area (Å²) in [5.41, 5.74) is 0.834. The van der Waals surface area contributed by atoms with Crippen LogP contribution in [0.4, 0.5) is 0 Å². The van der Waals surface area contributed by atoms with Crippen LogP contribution in [-0.2, 0) is 20.7 Å². The minimum atomic E-state index is -0.502. The van der Waals surface area contributed by atoms with Gasteiger partial charge in [-0.2, -0.15) is 0 Å². The van der Waals surface area contributed by atoms with Crippen molar-refractivity contribution in [3.8, 4) is 0 Å². The number of nitrogens with one attached hydrogen (secondary N) is 2. The van der Waals surface area contributed by atoms with Gasteiger partial charge < -0.3 is 25.4 Å².